The van der Waals surface area contributed by atoms with Gasteiger partial charge in [0.2, 0.25) is 18.6 Å². The van der Waals surface area contributed by atoms with E-state index in [2.05, 4.69) is 5.32 Å². The van der Waals surface area contributed by atoms with Crippen LogP contribution in [0.3, 0.4) is 0 Å². The molecule has 1 unspecified atom stereocenters. The van der Waals surface area contributed by atoms with E-state index in [1.807, 2.05) is 0 Å². The summed E-state index contributed by atoms with van der Waals surface area (Å²) in [5.74, 6) is -1.30. The largest absolute Gasteiger partial charge is 0.479 e. The van der Waals surface area contributed by atoms with Crippen molar-refractivity contribution in [3.8, 4) is 11.5 Å². The molecule has 4 rings (SSSR count). The van der Waals surface area contributed by atoms with Gasteiger partial charge in [-0.05, 0) is 17.7 Å². The fraction of sp³-hybridized carbons (Fsp3) is 0.250. The molecule has 8 heteroatoms. The molecular formula is C20H18N2O6. The summed E-state index contributed by atoms with van der Waals surface area (Å²) < 4.78 is 10.6. The third-order valence-electron chi connectivity index (χ3n) is 4.83. The van der Waals surface area contributed by atoms with Crippen molar-refractivity contribution in [3.05, 3.63) is 54.1 Å². The van der Waals surface area contributed by atoms with Crippen LogP contribution in [0.15, 0.2) is 48.5 Å². The van der Waals surface area contributed by atoms with Gasteiger partial charge in [-0.1, -0.05) is 30.3 Å². The fourth-order valence-electron chi connectivity index (χ4n) is 3.38. The van der Waals surface area contributed by atoms with Gasteiger partial charge >= 0.3 is 5.97 Å². The standard InChI is InChI=1S/C20H18N2O6/c23-17-8-13(10-22(17)14-6-7-15-16(9-14)28-11-27-15)19(24)21-18(20(25)26)12-4-2-1-3-5-12/h1-7,9,13,18H,8,10-11H2,(H,21,24)(H,25,26)/t13?,18-/m0/s1. The van der Waals surface area contributed by atoms with Gasteiger partial charge in [0.05, 0.1) is 5.92 Å². The molecule has 1 saturated heterocycles. The summed E-state index contributed by atoms with van der Waals surface area (Å²) in [6.07, 6.45) is 0.0153. The number of benzene rings is 2. The second kappa shape index (κ2) is 7.22. The number of ether oxygens (including phenoxy) is 2. The number of carbonyl (C=O) groups excluding carboxylic acids is 2. The summed E-state index contributed by atoms with van der Waals surface area (Å²) in [5, 5.41) is 12.0. The molecule has 2 N–H and O–H groups in total. The minimum absolute atomic E-state index is 0.0153. The third-order valence-corrected chi connectivity index (χ3v) is 4.83. The molecule has 2 aromatic carbocycles. The number of fused-ring (bicyclic) bond motifs is 1. The molecular weight excluding hydrogens is 364 g/mol. The first-order valence-electron chi connectivity index (χ1n) is 8.81. The van der Waals surface area contributed by atoms with Crippen LogP contribution in [0.2, 0.25) is 0 Å². The number of amides is 2. The Morgan fingerprint density at radius 3 is 2.61 bits per heavy atom. The van der Waals surface area contributed by atoms with Crippen LogP contribution >= 0.6 is 0 Å². The fourth-order valence-corrected chi connectivity index (χ4v) is 3.38. The molecule has 0 bridgehead atoms. The zero-order chi connectivity index (χ0) is 19.7. The van der Waals surface area contributed by atoms with E-state index in [1.54, 1.807) is 48.5 Å². The monoisotopic (exact) mass is 382 g/mol. The van der Waals surface area contributed by atoms with Crippen molar-refractivity contribution >= 4 is 23.5 Å². The summed E-state index contributed by atoms with van der Waals surface area (Å²) in [6, 6.07) is 12.4. The molecule has 0 aliphatic carbocycles. The molecule has 0 saturated carbocycles. The van der Waals surface area contributed by atoms with Crippen molar-refractivity contribution in [2.24, 2.45) is 5.92 Å². The van der Waals surface area contributed by atoms with Crippen LogP contribution < -0.4 is 19.7 Å². The minimum Gasteiger partial charge on any atom is -0.479 e. The van der Waals surface area contributed by atoms with Gasteiger partial charge in [0.25, 0.3) is 0 Å². The van der Waals surface area contributed by atoms with Crippen molar-refractivity contribution in [1.29, 1.82) is 0 Å². The molecule has 2 amide bonds. The lowest BCUT2D eigenvalue weighted by atomic mass is 10.0. The molecule has 2 heterocycles. The highest BCUT2D eigenvalue weighted by molar-refractivity contribution is 6.01. The Kier molecular flexibility index (Phi) is 4.60. The van der Waals surface area contributed by atoms with E-state index >= 15 is 0 Å². The topological polar surface area (TPSA) is 105 Å². The Morgan fingerprint density at radius 1 is 1.11 bits per heavy atom. The maximum Gasteiger partial charge on any atom is 0.330 e. The number of nitrogens with zero attached hydrogens (tertiary/aromatic N) is 1. The molecule has 2 aromatic rings. The average molecular weight is 382 g/mol. The summed E-state index contributed by atoms with van der Waals surface area (Å²) >= 11 is 0. The lowest BCUT2D eigenvalue weighted by Crippen LogP contribution is -2.38. The lowest BCUT2D eigenvalue weighted by Gasteiger charge is -2.19. The molecule has 1 fully saturated rings. The van der Waals surface area contributed by atoms with E-state index in [4.69, 9.17) is 9.47 Å². The van der Waals surface area contributed by atoms with Crippen molar-refractivity contribution in [2.45, 2.75) is 12.5 Å². The smallest absolute Gasteiger partial charge is 0.330 e. The van der Waals surface area contributed by atoms with Crippen LogP contribution in [0.4, 0.5) is 5.69 Å². The maximum absolute atomic E-state index is 12.6. The molecule has 2 atom stereocenters. The molecule has 144 valence electrons. The Bertz CT molecular complexity index is 930. The van der Waals surface area contributed by atoms with Crippen LogP contribution in [0.5, 0.6) is 11.5 Å². The second-order valence-electron chi connectivity index (χ2n) is 6.63. The molecule has 2 aliphatic rings. The molecule has 0 radical (unpaired) electrons. The summed E-state index contributed by atoms with van der Waals surface area (Å²) in [7, 11) is 0. The van der Waals surface area contributed by atoms with Crippen LogP contribution in [-0.2, 0) is 14.4 Å². The Hall–Kier alpha value is -3.55. The maximum atomic E-state index is 12.6. The van der Waals surface area contributed by atoms with Gasteiger partial charge in [-0.2, -0.15) is 0 Å². The lowest BCUT2D eigenvalue weighted by molar-refractivity contribution is -0.142. The Labute approximate surface area is 160 Å². The highest BCUT2D eigenvalue weighted by Crippen LogP contribution is 2.37. The van der Waals surface area contributed by atoms with Gasteiger partial charge in [-0.25, -0.2) is 4.79 Å². The van der Waals surface area contributed by atoms with Gasteiger partial charge in [0, 0.05) is 24.7 Å². The van der Waals surface area contributed by atoms with Crippen LogP contribution in [-0.4, -0.2) is 36.2 Å². The SMILES string of the molecule is O=C(N[C@H](C(=O)O)c1ccccc1)C1CC(=O)N(c2ccc3c(c2)OCO3)C1. The van der Waals surface area contributed by atoms with Crippen molar-refractivity contribution in [3.63, 3.8) is 0 Å². The second-order valence-corrected chi connectivity index (χ2v) is 6.63. The van der Waals surface area contributed by atoms with E-state index < -0.39 is 23.8 Å². The summed E-state index contributed by atoms with van der Waals surface area (Å²) in [5.41, 5.74) is 1.09. The first-order chi connectivity index (χ1) is 13.5. The van der Waals surface area contributed by atoms with Gasteiger partial charge in [-0.15, -0.1) is 0 Å². The van der Waals surface area contributed by atoms with Gasteiger partial charge in [-0.3, -0.25) is 9.59 Å². The number of carbonyl (C=O) groups is 3. The minimum atomic E-state index is -1.16. The van der Waals surface area contributed by atoms with Gasteiger partial charge < -0.3 is 24.8 Å². The number of carboxylic acids is 1. The summed E-state index contributed by atoms with van der Waals surface area (Å²) in [4.78, 5) is 38.2. The average Bonchev–Trinajstić information content (AvgIpc) is 3.32. The quantitative estimate of drug-likeness (QED) is 0.816. The van der Waals surface area contributed by atoms with Crippen molar-refractivity contribution < 1.29 is 29.0 Å². The molecule has 28 heavy (non-hydrogen) atoms. The molecule has 0 spiro atoms. The first kappa shape index (κ1) is 17.8. The number of hydrogen-bond acceptors (Lipinski definition) is 5. The predicted octanol–water partition coefficient (Wildman–Crippen LogP) is 1.71. The number of aliphatic carboxylic acids is 1. The number of carboxylic acid groups (broad SMARTS) is 1. The van der Waals surface area contributed by atoms with E-state index in [1.165, 1.54) is 4.90 Å². The number of hydrogen-bond donors (Lipinski definition) is 2. The van der Waals surface area contributed by atoms with E-state index in [0.29, 0.717) is 22.7 Å². The number of anilines is 1. The Balaban J connectivity index is 1.47. The Morgan fingerprint density at radius 2 is 1.86 bits per heavy atom. The predicted molar refractivity (Wildman–Crippen MR) is 98.0 cm³/mol. The number of rotatable bonds is 5. The van der Waals surface area contributed by atoms with Gasteiger partial charge in [0.15, 0.2) is 17.5 Å². The van der Waals surface area contributed by atoms with E-state index in [9.17, 15) is 19.5 Å². The highest BCUT2D eigenvalue weighted by atomic mass is 16.7. The summed E-state index contributed by atoms with van der Waals surface area (Å²) in [6.45, 7) is 0.305. The third kappa shape index (κ3) is 3.36. The van der Waals surface area contributed by atoms with Crippen LogP contribution in [0.1, 0.15) is 18.0 Å². The van der Waals surface area contributed by atoms with E-state index in [-0.39, 0.29) is 25.7 Å². The van der Waals surface area contributed by atoms with Crippen LogP contribution in [0.25, 0.3) is 0 Å². The van der Waals surface area contributed by atoms with Gasteiger partial charge in [0.1, 0.15) is 0 Å². The normalized spacial score (nSPS) is 18.8. The van der Waals surface area contributed by atoms with Crippen molar-refractivity contribution in [1.82, 2.24) is 5.32 Å². The highest BCUT2D eigenvalue weighted by Gasteiger charge is 2.37. The number of nitrogens with one attached hydrogen (secondary N) is 1. The van der Waals surface area contributed by atoms with E-state index in [0.717, 1.165) is 0 Å². The zero-order valence-electron chi connectivity index (χ0n) is 14.8. The first-order valence-corrected chi connectivity index (χ1v) is 8.81. The molecule has 2 aliphatic heterocycles. The zero-order valence-corrected chi connectivity index (χ0v) is 14.8. The van der Waals surface area contributed by atoms with Crippen molar-refractivity contribution in [2.75, 3.05) is 18.2 Å². The van der Waals surface area contributed by atoms with Crippen LogP contribution in [0, 0.1) is 5.92 Å². The molecule has 8 nitrogen and oxygen atoms in total. The molecule has 0 aromatic heterocycles.